The average molecular weight is 359 g/mol. The molecule has 26 heavy (non-hydrogen) atoms. The van der Waals surface area contributed by atoms with Crippen molar-refractivity contribution >= 4 is 5.97 Å². The van der Waals surface area contributed by atoms with Crippen molar-refractivity contribution in [3.8, 4) is 0 Å². The second kappa shape index (κ2) is 6.87. The molecule has 0 spiro atoms. The van der Waals surface area contributed by atoms with Gasteiger partial charge in [0.2, 0.25) is 0 Å². The Morgan fingerprint density at radius 3 is 2.50 bits per heavy atom. The molecule has 142 valence electrons. The molecule has 1 aliphatic heterocycles. The van der Waals surface area contributed by atoms with E-state index in [2.05, 4.69) is 47.2 Å². The van der Waals surface area contributed by atoms with Crippen LogP contribution in [0.3, 0.4) is 0 Å². The average Bonchev–Trinajstić information content (AvgIpc) is 3.24. The summed E-state index contributed by atoms with van der Waals surface area (Å²) < 4.78 is 3.81. The van der Waals surface area contributed by atoms with Crippen molar-refractivity contribution in [2.45, 2.75) is 64.6 Å². The van der Waals surface area contributed by atoms with Crippen LogP contribution in [0.5, 0.6) is 0 Å². The third-order valence-electron chi connectivity index (χ3n) is 5.38. The number of likely N-dealkylation sites (tertiary alicyclic amines) is 1. The minimum absolute atomic E-state index is 0.0944. The zero-order valence-corrected chi connectivity index (χ0v) is 16.1. The van der Waals surface area contributed by atoms with Crippen molar-refractivity contribution in [3.63, 3.8) is 0 Å². The van der Waals surface area contributed by atoms with E-state index in [-0.39, 0.29) is 5.41 Å². The van der Waals surface area contributed by atoms with Crippen LogP contribution < -0.4 is 0 Å². The number of aromatic nitrogens is 4. The van der Waals surface area contributed by atoms with Gasteiger partial charge in [0.05, 0.1) is 12.2 Å². The normalized spacial score (nSPS) is 18.2. The highest BCUT2D eigenvalue weighted by molar-refractivity contribution is 5.76. The molecule has 0 unspecified atom stereocenters. The number of piperidine rings is 1. The van der Waals surface area contributed by atoms with E-state index in [1.807, 2.05) is 24.7 Å². The van der Waals surface area contributed by atoms with Crippen molar-refractivity contribution in [2.75, 3.05) is 13.1 Å². The molecule has 7 nitrogen and oxygen atoms in total. The van der Waals surface area contributed by atoms with Gasteiger partial charge in [-0.15, -0.1) is 0 Å². The highest BCUT2D eigenvalue weighted by Crippen LogP contribution is 2.32. The number of hydrogen-bond acceptors (Lipinski definition) is 4. The van der Waals surface area contributed by atoms with E-state index in [4.69, 9.17) is 0 Å². The lowest BCUT2D eigenvalue weighted by Gasteiger charge is -2.39. The molecule has 3 heterocycles. The van der Waals surface area contributed by atoms with Gasteiger partial charge < -0.3 is 9.67 Å². The molecule has 1 N–H and O–H groups in total. The standard InChI is InChI=1S/C19H29N5O2/c1-5-23-13-9-20-16(23)14-22-11-7-19(8-12-22,17(25)26)24-10-6-15(21-24)18(2,3)4/h6,9-10,13H,5,7-8,11-12,14H2,1-4H3,(H,25,26). The zero-order valence-electron chi connectivity index (χ0n) is 16.1. The quantitative estimate of drug-likeness (QED) is 0.887. The van der Waals surface area contributed by atoms with E-state index in [0.29, 0.717) is 25.9 Å². The maximum absolute atomic E-state index is 12.2. The number of nitrogens with zero attached hydrogens (tertiary/aromatic N) is 5. The van der Waals surface area contributed by atoms with E-state index in [1.54, 1.807) is 4.68 Å². The number of carboxylic acid groups (broad SMARTS) is 1. The van der Waals surface area contributed by atoms with Crippen LogP contribution in [-0.2, 0) is 28.8 Å². The van der Waals surface area contributed by atoms with Gasteiger partial charge in [0, 0.05) is 43.6 Å². The lowest BCUT2D eigenvalue weighted by Crippen LogP contribution is -2.51. The Morgan fingerprint density at radius 1 is 1.27 bits per heavy atom. The van der Waals surface area contributed by atoms with E-state index < -0.39 is 11.5 Å². The molecule has 1 aliphatic rings. The molecule has 2 aromatic heterocycles. The van der Waals surface area contributed by atoms with Gasteiger partial charge in [-0.25, -0.2) is 9.78 Å². The topological polar surface area (TPSA) is 76.2 Å². The van der Waals surface area contributed by atoms with Gasteiger partial charge in [-0.05, 0) is 25.8 Å². The number of aryl methyl sites for hydroxylation is 1. The Morgan fingerprint density at radius 2 is 1.96 bits per heavy atom. The first-order valence-electron chi connectivity index (χ1n) is 9.28. The first kappa shape index (κ1) is 18.6. The maximum atomic E-state index is 12.2. The van der Waals surface area contributed by atoms with Crippen LogP contribution in [-0.4, -0.2) is 48.4 Å². The van der Waals surface area contributed by atoms with Gasteiger partial charge in [-0.1, -0.05) is 20.8 Å². The van der Waals surface area contributed by atoms with Gasteiger partial charge in [0.1, 0.15) is 5.82 Å². The highest BCUT2D eigenvalue weighted by atomic mass is 16.4. The number of hydrogen-bond donors (Lipinski definition) is 1. The predicted octanol–water partition coefficient (Wildman–Crippen LogP) is 2.47. The molecule has 0 bridgehead atoms. The fourth-order valence-corrected chi connectivity index (χ4v) is 3.56. The van der Waals surface area contributed by atoms with Crippen molar-refractivity contribution in [2.24, 2.45) is 0 Å². The molecule has 0 amide bonds. The largest absolute Gasteiger partial charge is 0.479 e. The summed E-state index contributed by atoms with van der Waals surface area (Å²) in [6, 6.07) is 1.94. The van der Waals surface area contributed by atoms with Gasteiger partial charge in [-0.3, -0.25) is 9.58 Å². The van der Waals surface area contributed by atoms with Gasteiger partial charge >= 0.3 is 5.97 Å². The van der Waals surface area contributed by atoms with E-state index >= 15 is 0 Å². The number of imidazole rings is 1. The molecule has 7 heteroatoms. The summed E-state index contributed by atoms with van der Waals surface area (Å²) in [7, 11) is 0. The molecule has 3 rings (SSSR count). The predicted molar refractivity (Wildman–Crippen MR) is 98.9 cm³/mol. The van der Waals surface area contributed by atoms with E-state index in [0.717, 1.165) is 24.6 Å². The molecular weight excluding hydrogens is 330 g/mol. The van der Waals surface area contributed by atoms with Gasteiger partial charge in [0.25, 0.3) is 0 Å². The van der Waals surface area contributed by atoms with Crippen LogP contribution in [0.2, 0.25) is 0 Å². The maximum Gasteiger partial charge on any atom is 0.331 e. The number of rotatable bonds is 5. The summed E-state index contributed by atoms with van der Waals surface area (Å²) in [5, 5.41) is 14.6. The summed E-state index contributed by atoms with van der Waals surface area (Å²) in [5.74, 6) is 0.236. The molecule has 0 aromatic carbocycles. The monoisotopic (exact) mass is 359 g/mol. The van der Waals surface area contributed by atoms with Crippen molar-refractivity contribution < 1.29 is 9.90 Å². The molecule has 0 aliphatic carbocycles. The Labute approximate surface area is 154 Å². The first-order valence-corrected chi connectivity index (χ1v) is 9.28. The minimum atomic E-state index is -0.958. The molecule has 0 saturated carbocycles. The smallest absolute Gasteiger partial charge is 0.331 e. The summed E-state index contributed by atoms with van der Waals surface area (Å²) in [5.41, 5.74) is -0.131. The third kappa shape index (κ3) is 3.40. The first-order chi connectivity index (χ1) is 12.3. The van der Waals surface area contributed by atoms with Crippen molar-refractivity contribution in [3.05, 3.63) is 36.2 Å². The third-order valence-corrected chi connectivity index (χ3v) is 5.38. The SMILES string of the molecule is CCn1ccnc1CN1CCC(C(=O)O)(n2ccc(C(C)(C)C)n2)CC1. The second-order valence-corrected chi connectivity index (χ2v) is 8.14. The molecule has 1 fully saturated rings. The van der Waals surface area contributed by atoms with Gasteiger partial charge in [-0.2, -0.15) is 5.10 Å². The van der Waals surface area contributed by atoms with E-state index in [1.165, 1.54) is 0 Å². The Balaban J connectivity index is 1.75. The fraction of sp³-hybridized carbons (Fsp3) is 0.632. The zero-order chi connectivity index (χ0) is 18.9. The van der Waals surface area contributed by atoms with Crippen LogP contribution in [0.4, 0.5) is 0 Å². The summed E-state index contributed by atoms with van der Waals surface area (Å²) >= 11 is 0. The molecule has 0 radical (unpaired) electrons. The van der Waals surface area contributed by atoms with E-state index in [9.17, 15) is 9.90 Å². The summed E-state index contributed by atoms with van der Waals surface area (Å²) in [6.07, 6.45) is 6.72. The van der Waals surface area contributed by atoms with Crippen molar-refractivity contribution in [1.29, 1.82) is 0 Å². The van der Waals surface area contributed by atoms with Gasteiger partial charge in [0.15, 0.2) is 5.54 Å². The summed E-state index contributed by atoms with van der Waals surface area (Å²) in [6.45, 7) is 11.4. The number of aliphatic carboxylic acids is 1. The Hall–Kier alpha value is -2.15. The Kier molecular flexibility index (Phi) is 4.92. The van der Waals surface area contributed by atoms with Crippen molar-refractivity contribution in [1.82, 2.24) is 24.2 Å². The van der Waals surface area contributed by atoms with Crippen LogP contribution >= 0.6 is 0 Å². The Bertz CT molecular complexity index is 763. The summed E-state index contributed by atoms with van der Waals surface area (Å²) in [4.78, 5) is 18.9. The lowest BCUT2D eigenvalue weighted by molar-refractivity contribution is -0.151. The molecule has 0 atom stereocenters. The molecule has 1 saturated heterocycles. The van der Waals surface area contributed by atoms with Crippen LogP contribution in [0.15, 0.2) is 24.7 Å². The molecular formula is C19H29N5O2. The fourth-order valence-electron chi connectivity index (χ4n) is 3.56. The highest BCUT2D eigenvalue weighted by Gasteiger charge is 2.44. The molecule has 2 aromatic rings. The van der Waals surface area contributed by atoms with Crippen LogP contribution in [0.25, 0.3) is 0 Å². The number of carbonyl (C=O) groups is 1. The lowest BCUT2D eigenvalue weighted by atomic mass is 9.87. The number of carboxylic acids is 1. The minimum Gasteiger partial charge on any atom is -0.479 e. The second-order valence-electron chi connectivity index (χ2n) is 8.14. The van der Waals surface area contributed by atoms with Crippen LogP contribution in [0, 0.1) is 0 Å². The van der Waals surface area contributed by atoms with Crippen LogP contribution in [0.1, 0.15) is 52.1 Å².